The van der Waals surface area contributed by atoms with Crippen LogP contribution in [0, 0.1) is 0 Å². The van der Waals surface area contributed by atoms with Crippen LogP contribution in [-0.2, 0) is 0 Å². The average molecular weight is 271 g/mol. The van der Waals surface area contributed by atoms with Gasteiger partial charge in [-0.3, -0.25) is 0 Å². The highest BCUT2D eigenvalue weighted by atomic mass is 35.5. The number of rotatable bonds is 3. The summed E-state index contributed by atoms with van der Waals surface area (Å²) in [4.78, 5) is 8.69. The Balaban J connectivity index is 2.27. The van der Waals surface area contributed by atoms with Gasteiger partial charge >= 0.3 is 0 Å². The molecule has 0 radical (unpaired) electrons. The predicted octanol–water partition coefficient (Wildman–Crippen LogP) is 4.47. The van der Waals surface area contributed by atoms with Gasteiger partial charge in [-0.1, -0.05) is 43.3 Å². The lowest BCUT2D eigenvalue weighted by Gasteiger charge is -2.06. The third kappa shape index (κ3) is 2.97. The van der Waals surface area contributed by atoms with Gasteiger partial charge in [0, 0.05) is 12.0 Å². The zero-order valence-corrected chi connectivity index (χ0v) is 11.4. The molecule has 5 heteroatoms. The summed E-state index contributed by atoms with van der Waals surface area (Å²) in [6.45, 7) is 4.12. The summed E-state index contributed by atoms with van der Waals surface area (Å²) in [5.74, 6) is 1.09. The Morgan fingerprint density at radius 1 is 1.38 bits per heavy atom. The highest BCUT2D eigenvalue weighted by Crippen LogP contribution is 2.31. The Morgan fingerprint density at radius 3 is 2.81 bits per heavy atom. The molecule has 0 bridgehead atoms. The molecule has 0 atom stereocenters. The van der Waals surface area contributed by atoms with Gasteiger partial charge in [0.1, 0.15) is 16.0 Å². The van der Waals surface area contributed by atoms with Crippen molar-refractivity contribution in [2.24, 2.45) is 0 Å². The fourth-order valence-corrected chi connectivity index (χ4v) is 3.13. The zero-order chi connectivity index (χ0) is 11.5. The Bertz CT molecular complexity index is 469. The van der Waals surface area contributed by atoms with Crippen molar-refractivity contribution in [2.75, 3.05) is 0 Å². The number of hydrogen-bond acceptors (Lipinski definition) is 4. The van der Waals surface area contributed by atoms with Gasteiger partial charge in [0.2, 0.25) is 0 Å². The van der Waals surface area contributed by atoms with Crippen molar-refractivity contribution in [3.05, 3.63) is 34.6 Å². The monoisotopic (exact) mass is 270 g/mol. The first-order chi connectivity index (χ1) is 7.65. The molecule has 2 aromatic heterocycles. The molecule has 2 aromatic rings. The van der Waals surface area contributed by atoms with E-state index >= 15 is 0 Å². The molecule has 0 aliphatic carbocycles. The minimum Gasteiger partial charge on any atom is -0.226 e. The maximum atomic E-state index is 5.97. The number of hydrogen-bond donors (Lipinski definition) is 0. The Hall–Kier alpha value is -0.580. The Morgan fingerprint density at radius 2 is 2.19 bits per heavy atom. The minimum absolute atomic E-state index is 0.293. The van der Waals surface area contributed by atoms with Crippen molar-refractivity contribution in [3.63, 3.8) is 0 Å². The first-order valence-corrected chi connectivity index (χ1v) is 6.98. The number of halogens is 1. The first kappa shape index (κ1) is 11.9. The fraction of sp³-hybridized carbons (Fsp3) is 0.273. The van der Waals surface area contributed by atoms with Gasteiger partial charge in [-0.05, 0) is 11.4 Å². The van der Waals surface area contributed by atoms with E-state index in [-0.39, 0.29) is 0 Å². The number of nitrogens with zero attached hydrogens (tertiary/aromatic N) is 2. The van der Waals surface area contributed by atoms with Gasteiger partial charge in [-0.25, -0.2) is 9.97 Å². The molecule has 0 saturated heterocycles. The van der Waals surface area contributed by atoms with E-state index in [2.05, 4.69) is 35.3 Å². The molecule has 0 N–H and O–H groups in total. The Labute approximate surface area is 108 Å². The second kappa shape index (κ2) is 5.17. The molecule has 0 spiro atoms. The molecule has 0 fully saturated rings. The quantitative estimate of drug-likeness (QED) is 0.770. The van der Waals surface area contributed by atoms with E-state index < -0.39 is 0 Å². The lowest BCUT2D eigenvalue weighted by atomic mass is 10.2. The molecule has 0 aromatic carbocycles. The van der Waals surface area contributed by atoms with E-state index in [9.17, 15) is 0 Å². The van der Waals surface area contributed by atoms with E-state index in [1.807, 2.05) is 6.07 Å². The normalized spacial score (nSPS) is 11.0. The molecule has 0 aliphatic rings. The zero-order valence-electron chi connectivity index (χ0n) is 8.98. The van der Waals surface area contributed by atoms with Gasteiger partial charge < -0.3 is 0 Å². The van der Waals surface area contributed by atoms with Crippen LogP contribution >= 0.6 is 34.7 Å². The van der Waals surface area contributed by atoms with E-state index in [1.165, 1.54) is 4.21 Å². The summed E-state index contributed by atoms with van der Waals surface area (Å²) in [6.07, 6.45) is 0. The van der Waals surface area contributed by atoms with Crippen molar-refractivity contribution in [1.29, 1.82) is 0 Å². The molecule has 16 heavy (non-hydrogen) atoms. The predicted molar refractivity (Wildman–Crippen MR) is 69.6 cm³/mol. The summed E-state index contributed by atoms with van der Waals surface area (Å²) in [7, 11) is 0. The van der Waals surface area contributed by atoms with E-state index in [1.54, 1.807) is 29.2 Å². The van der Waals surface area contributed by atoms with E-state index in [4.69, 9.17) is 11.6 Å². The third-order valence-electron chi connectivity index (χ3n) is 1.91. The topological polar surface area (TPSA) is 25.8 Å². The van der Waals surface area contributed by atoms with Crippen molar-refractivity contribution in [2.45, 2.75) is 29.0 Å². The highest BCUT2D eigenvalue weighted by molar-refractivity contribution is 8.01. The number of aromatic nitrogens is 2. The maximum Gasteiger partial charge on any atom is 0.133 e. The molecule has 0 aliphatic heterocycles. The van der Waals surface area contributed by atoms with Crippen LogP contribution in [0.3, 0.4) is 0 Å². The van der Waals surface area contributed by atoms with Crippen LogP contribution < -0.4 is 0 Å². The van der Waals surface area contributed by atoms with E-state index in [0.717, 1.165) is 10.9 Å². The van der Waals surface area contributed by atoms with Gasteiger partial charge in [0.05, 0.1) is 4.21 Å². The van der Waals surface area contributed by atoms with Crippen LogP contribution in [0.5, 0.6) is 0 Å². The van der Waals surface area contributed by atoms with Gasteiger partial charge in [0.25, 0.3) is 0 Å². The number of thiophene rings is 1. The van der Waals surface area contributed by atoms with Gasteiger partial charge in [0.15, 0.2) is 0 Å². The summed E-state index contributed by atoms with van der Waals surface area (Å²) < 4.78 is 1.21. The standard InChI is InChI=1S/C11H11ClN2S2/c1-7(2)11-13-8(12)6-9(14-11)16-10-4-3-5-15-10/h3-7H,1-2H3. The minimum atomic E-state index is 0.293. The fourth-order valence-electron chi connectivity index (χ4n) is 1.15. The second-order valence-electron chi connectivity index (χ2n) is 3.58. The summed E-state index contributed by atoms with van der Waals surface area (Å²) >= 11 is 9.29. The molecule has 0 amide bonds. The van der Waals surface area contributed by atoms with Crippen molar-refractivity contribution < 1.29 is 0 Å². The first-order valence-electron chi connectivity index (χ1n) is 4.91. The average Bonchev–Trinajstić information content (AvgIpc) is 2.69. The van der Waals surface area contributed by atoms with Crippen molar-refractivity contribution >= 4 is 34.7 Å². The third-order valence-corrected chi connectivity index (χ3v) is 4.05. The van der Waals surface area contributed by atoms with Crippen molar-refractivity contribution in [3.8, 4) is 0 Å². The highest BCUT2D eigenvalue weighted by Gasteiger charge is 2.08. The second-order valence-corrected chi connectivity index (χ2v) is 6.23. The van der Waals surface area contributed by atoms with Crippen LogP contribution in [0.25, 0.3) is 0 Å². The molecule has 2 nitrogen and oxygen atoms in total. The molecule has 0 unspecified atom stereocenters. The molecule has 84 valence electrons. The summed E-state index contributed by atoms with van der Waals surface area (Å²) in [5, 5.41) is 3.47. The van der Waals surface area contributed by atoms with E-state index in [0.29, 0.717) is 11.1 Å². The van der Waals surface area contributed by atoms with Crippen LogP contribution in [0.2, 0.25) is 5.15 Å². The van der Waals surface area contributed by atoms with Gasteiger partial charge in [-0.15, -0.1) is 11.3 Å². The molecule has 0 saturated carbocycles. The van der Waals surface area contributed by atoms with Gasteiger partial charge in [-0.2, -0.15) is 0 Å². The molecular weight excluding hydrogens is 260 g/mol. The van der Waals surface area contributed by atoms with Crippen molar-refractivity contribution in [1.82, 2.24) is 9.97 Å². The maximum absolute atomic E-state index is 5.97. The van der Waals surface area contributed by atoms with Crippen LogP contribution in [0.4, 0.5) is 0 Å². The summed E-state index contributed by atoms with van der Waals surface area (Å²) in [6, 6.07) is 5.90. The molecule has 2 rings (SSSR count). The smallest absolute Gasteiger partial charge is 0.133 e. The van der Waals surface area contributed by atoms with Crippen LogP contribution in [0.15, 0.2) is 32.8 Å². The Kier molecular flexibility index (Phi) is 3.84. The summed E-state index contributed by atoms with van der Waals surface area (Å²) in [5.41, 5.74) is 0. The van der Waals surface area contributed by atoms with Crippen LogP contribution in [-0.4, -0.2) is 9.97 Å². The lowest BCUT2D eigenvalue weighted by molar-refractivity contribution is 0.753. The molecule has 2 heterocycles. The SMILES string of the molecule is CC(C)c1nc(Cl)cc(Sc2cccs2)n1. The largest absolute Gasteiger partial charge is 0.226 e. The lowest BCUT2D eigenvalue weighted by Crippen LogP contribution is -1.98. The van der Waals surface area contributed by atoms with Crippen LogP contribution in [0.1, 0.15) is 25.6 Å². The molecular formula is C11H11ClN2S2.